The van der Waals surface area contributed by atoms with Gasteiger partial charge in [-0.15, -0.1) is 0 Å². The van der Waals surface area contributed by atoms with E-state index < -0.39 is 0 Å². The first-order valence-corrected chi connectivity index (χ1v) is 7.97. The molecule has 1 aromatic rings. The fraction of sp³-hybridized carbons (Fsp3) is 0.800. The summed E-state index contributed by atoms with van der Waals surface area (Å²) >= 11 is 6.34. The molecule has 0 saturated carbocycles. The van der Waals surface area contributed by atoms with Crippen molar-refractivity contribution < 1.29 is 4.74 Å². The predicted octanol–water partition coefficient (Wildman–Crippen LogP) is 3.11. The van der Waals surface area contributed by atoms with Gasteiger partial charge in [0, 0.05) is 32.7 Å². The van der Waals surface area contributed by atoms with Crippen LogP contribution in [-0.4, -0.2) is 35.6 Å². The Hall–Kier alpha value is -0.580. The molecular formula is C15H28ClN3O. The maximum absolute atomic E-state index is 6.34. The maximum Gasteiger partial charge on any atom is 0.0847 e. The zero-order chi connectivity index (χ0) is 15.0. The smallest absolute Gasteiger partial charge is 0.0847 e. The van der Waals surface area contributed by atoms with Crippen LogP contribution in [0.25, 0.3) is 0 Å². The number of ether oxygens (including phenoxy) is 1. The van der Waals surface area contributed by atoms with Gasteiger partial charge in [0.15, 0.2) is 0 Å². The summed E-state index contributed by atoms with van der Waals surface area (Å²) in [7, 11) is 1.96. The molecule has 0 radical (unpaired) electrons. The Morgan fingerprint density at radius 2 is 2.15 bits per heavy atom. The lowest BCUT2D eigenvalue weighted by Crippen LogP contribution is -2.32. The van der Waals surface area contributed by atoms with Crippen molar-refractivity contribution in [2.24, 2.45) is 7.05 Å². The van der Waals surface area contributed by atoms with E-state index in [1.807, 2.05) is 25.6 Å². The largest absolute Gasteiger partial charge is 0.382 e. The van der Waals surface area contributed by atoms with Crippen molar-refractivity contribution in [2.45, 2.75) is 52.5 Å². The van der Waals surface area contributed by atoms with Gasteiger partial charge in [0.1, 0.15) is 0 Å². The quantitative estimate of drug-likeness (QED) is 0.675. The Morgan fingerprint density at radius 1 is 1.40 bits per heavy atom. The fourth-order valence-electron chi connectivity index (χ4n) is 2.34. The summed E-state index contributed by atoms with van der Waals surface area (Å²) in [5, 5.41) is 8.80. The topological polar surface area (TPSA) is 39.1 Å². The van der Waals surface area contributed by atoms with Gasteiger partial charge in [0.25, 0.3) is 0 Å². The number of nitrogens with zero attached hydrogens (tertiary/aromatic N) is 2. The van der Waals surface area contributed by atoms with E-state index in [4.69, 9.17) is 16.3 Å². The van der Waals surface area contributed by atoms with E-state index in [2.05, 4.69) is 17.3 Å². The lowest BCUT2D eigenvalue weighted by molar-refractivity contribution is 0.140. The number of hydrogen-bond donors (Lipinski definition) is 1. The molecule has 0 aliphatic carbocycles. The molecule has 0 aliphatic rings. The van der Waals surface area contributed by atoms with Gasteiger partial charge < -0.3 is 10.1 Å². The molecule has 0 fully saturated rings. The number of halogens is 1. The van der Waals surface area contributed by atoms with Crippen LogP contribution in [0, 0.1) is 6.92 Å². The second kappa shape index (κ2) is 9.37. The average molecular weight is 302 g/mol. The summed E-state index contributed by atoms with van der Waals surface area (Å²) in [6.45, 7) is 8.83. The average Bonchev–Trinajstić information content (AvgIpc) is 2.66. The number of nitrogens with one attached hydrogen (secondary N) is 1. The van der Waals surface area contributed by atoms with E-state index in [9.17, 15) is 0 Å². The molecule has 0 bridgehead atoms. The molecule has 20 heavy (non-hydrogen) atoms. The van der Waals surface area contributed by atoms with Crippen LogP contribution in [0.1, 0.15) is 44.5 Å². The van der Waals surface area contributed by atoms with Crippen LogP contribution in [0.15, 0.2) is 0 Å². The van der Waals surface area contributed by atoms with E-state index in [1.165, 1.54) is 0 Å². The highest BCUT2D eigenvalue weighted by atomic mass is 35.5. The van der Waals surface area contributed by atoms with Crippen molar-refractivity contribution in [3.63, 3.8) is 0 Å². The monoisotopic (exact) mass is 301 g/mol. The lowest BCUT2D eigenvalue weighted by Gasteiger charge is -2.19. The Bertz CT molecular complexity index is 393. The standard InChI is InChI=1S/C15H28ClN3O/c1-5-9-17-13(8-7-10-20-6-2)11-14-15(16)12(3)18-19(14)4/h13,17H,5-11H2,1-4H3. The van der Waals surface area contributed by atoms with Crippen molar-refractivity contribution in [1.29, 1.82) is 0 Å². The molecule has 1 unspecified atom stereocenters. The molecule has 1 aromatic heterocycles. The van der Waals surface area contributed by atoms with Gasteiger partial charge in [0.05, 0.1) is 16.4 Å². The molecule has 116 valence electrons. The highest BCUT2D eigenvalue weighted by molar-refractivity contribution is 6.31. The molecule has 1 heterocycles. The first-order chi connectivity index (χ1) is 9.60. The second-order valence-electron chi connectivity index (χ2n) is 5.16. The van der Waals surface area contributed by atoms with Crippen LogP contribution in [-0.2, 0) is 18.2 Å². The second-order valence-corrected chi connectivity index (χ2v) is 5.54. The zero-order valence-electron chi connectivity index (χ0n) is 13.2. The third kappa shape index (κ3) is 5.43. The van der Waals surface area contributed by atoms with Crippen molar-refractivity contribution >= 4 is 11.6 Å². The molecule has 5 heteroatoms. The molecular weight excluding hydrogens is 274 g/mol. The minimum atomic E-state index is 0.433. The third-order valence-corrected chi connectivity index (χ3v) is 3.92. The van der Waals surface area contributed by atoms with Crippen molar-refractivity contribution in [3.8, 4) is 0 Å². The summed E-state index contributed by atoms with van der Waals surface area (Å²) in [5.74, 6) is 0. The Balaban J connectivity index is 2.58. The molecule has 0 aromatic carbocycles. The molecule has 1 rings (SSSR count). The van der Waals surface area contributed by atoms with E-state index in [0.29, 0.717) is 6.04 Å². The van der Waals surface area contributed by atoms with Gasteiger partial charge in [-0.25, -0.2) is 0 Å². The first-order valence-electron chi connectivity index (χ1n) is 7.59. The molecule has 0 spiro atoms. The highest BCUT2D eigenvalue weighted by Crippen LogP contribution is 2.21. The van der Waals surface area contributed by atoms with Crippen molar-refractivity contribution in [2.75, 3.05) is 19.8 Å². The molecule has 1 atom stereocenters. The Kier molecular flexibility index (Phi) is 8.19. The number of rotatable bonds is 10. The molecule has 0 amide bonds. The highest BCUT2D eigenvalue weighted by Gasteiger charge is 2.16. The SMILES string of the molecule is CCCNC(CCCOCC)Cc1c(Cl)c(C)nn1C. The van der Waals surface area contributed by atoms with Crippen LogP contribution in [0.2, 0.25) is 5.02 Å². The number of aromatic nitrogens is 2. The van der Waals surface area contributed by atoms with Gasteiger partial charge in [0.2, 0.25) is 0 Å². The minimum Gasteiger partial charge on any atom is -0.382 e. The van der Waals surface area contributed by atoms with Crippen LogP contribution >= 0.6 is 11.6 Å². The first kappa shape index (κ1) is 17.5. The van der Waals surface area contributed by atoms with Crippen molar-refractivity contribution in [1.82, 2.24) is 15.1 Å². The Morgan fingerprint density at radius 3 is 2.70 bits per heavy atom. The fourth-order valence-corrected chi connectivity index (χ4v) is 2.57. The van der Waals surface area contributed by atoms with Gasteiger partial charge >= 0.3 is 0 Å². The molecule has 0 saturated heterocycles. The summed E-state index contributed by atoms with van der Waals surface area (Å²) < 4.78 is 7.32. The lowest BCUT2D eigenvalue weighted by atomic mass is 10.1. The van der Waals surface area contributed by atoms with E-state index in [-0.39, 0.29) is 0 Å². The molecule has 0 aliphatic heterocycles. The molecule has 1 N–H and O–H groups in total. The van der Waals surface area contributed by atoms with Crippen LogP contribution < -0.4 is 5.32 Å². The number of aryl methyl sites for hydroxylation is 2. The van der Waals surface area contributed by atoms with Crippen LogP contribution in [0.3, 0.4) is 0 Å². The summed E-state index contributed by atoms with van der Waals surface area (Å²) in [4.78, 5) is 0. The third-order valence-electron chi connectivity index (χ3n) is 3.43. The Labute approximate surface area is 127 Å². The van der Waals surface area contributed by atoms with E-state index >= 15 is 0 Å². The number of hydrogen-bond acceptors (Lipinski definition) is 3. The summed E-state index contributed by atoms with van der Waals surface area (Å²) in [6, 6.07) is 0.433. The van der Waals surface area contributed by atoms with Gasteiger partial charge in [-0.3, -0.25) is 4.68 Å². The van der Waals surface area contributed by atoms with Gasteiger partial charge in [-0.05, 0) is 39.7 Å². The van der Waals surface area contributed by atoms with Gasteiger partial charge in [-0.1, -0.05) is 18.5 Å². The van der Waals surface area contributed by atoms with E-state index in [1.54, 1.807) is 0 Å². The van der Waals surface area contributed by atoms with Crippen LogP contribution in [0.5, 0.6) is 0 Å². The minimum absolute atomic E-state index is 0.433. The van der Waals surface area contributed by atoms with E-state index in [0.717, 1.165) is 61.9 Å². The normalized spacial score (nSPS) is 12.8. The zero-order valence-corrected chi connectivity index (χ0v) is 14.0. The summed E-state index contributed by atoms with van der Waals surface area (Å²) in [6.07, 6.45) is 4.23. The van der Waals surface area contributed by atoms with Gasteiger partial charge in [-0.2, -0.15) is 5.10 Å². The summed E-state index contributed by atoms with van der Waals surface area (Å²) in [5.41, 5.74) is 2.03. The predicted molar refractivity (Wildman–Crippen MR) is 84.5 cm³/mol. The van der Waals surface area contributed by atoms with Crippen molar-refractivity contribution in [3.05, 3.63) is 16.4 Å². The van der Waals surface area contributed by atoms with Crippen LogP contribution in [0.4, 0.5) is 0 Å². The molecule has 4 nitrogen and oxygen atoms in total. The maximum atomic E-state index is 6.34.